The molecule has 3 aromatic rings. The van der Waals surface area contributed by atoms with Gasteiger partial charge in [-0.25, -0.2) is 9.48 Å². The van der Waals surface area contributed by atoms with Gasteiger partial charge in [0, 0.05) is 55.9 Å². The van der Waals surface area contributed by atoms with Gasteiger partial charge in [0.25, 0.3) is 5.91 Å². The number of aryl methyl sites for hydroxylation is 2. The van der Waals surface area contributed by atoms with E-state index in [4.69, 9.17) is 21.4 Å². The number of hydrogen-bond donors (Lipinski definition) is 0. The van der Waals surface area contributed by atoms with Crippen LogP contribution >= 0.6 is 11.6 Å². The monoisotopic (exact) mass is 577 g/mol. The molecule has 0 atom stereocenters. The number of likely N-dealkylation sites (tertiary alicyclic amines) is 1. The second kappa shape index (κ2) is 11.8. The highest BCUT2D eigenvalue weighted by Gasteiger charge is 2.34. The van der Waals surface area contributed by atoms with E-state index in [0.717, 1.165) is 48.6 Å². The Morgan fingerprint density at radius 2 is 1.63 bits per heavy atom. The number of hydrogen-bond acceptors (Lipinski definition) is 5. The van der Waals surface area contributed by atoms with Gasteiger partial charge in [-0.05, 0) is 77.3 Å². The molecule has 0 N–H and O–H groups in total. The third kappa shape index (κ3) is 6.53. The maximum Gasteiger partial charge on any atom is 0.410 e. The Kier molecular flexibility index (Phi) is 8.32. The van der Waals surface area contributed by atoms with Gasteiger partial charge in [-0.15, -0.1) is 0 Å². The molecule has 2 aliphatic heterocycles. The van der Waals surface area contributed by atoms with E-state index in [1.54, 1.807) is 11.1 Å². The van der Waals surface area contributed by atoms with Gasteiger partial charge in [-0.3, -0.25) is 4.79 Å². The minimum absolute atomic E-state index is 0.0105. The number of aromatic nitrogens is 2. The number of carbonyl (C=O) groups excluding carboxylic acids is 2. The molecule has 0 aliphatic carbocycles. The van der Waals surface area contributed by atoms with Crippen LogP contribution in [0, 0.1) is 13.8 Å². The molecule has 0 radical (unpaired) electrons. The second-order valence-corrected chi connectivity index (χ2v) is 12.6. The lowest BCUT2D eigenvalue weighted by Gasteiger charge is -2.37. The van der Waals surface area contributed by atoms with Crippen LogP contribution in [0.2, 0.25) is 5.02 Å². The normalized spacial score (nSPS) is 16.7. The highest BCUT2D eigenvalue weighted by atomic mass is 35.5. The standard InChI is InChI=1S/C32H40ClN5O3/c1-22-9-10-28(23(2)19-22)38-29(24-11-13-37(14-12-24)31(40)41-32(3,4)5)27(21-34-38)30(39)36-17-15-35(16-18-36)26-8-6-7-25(33)20-26/h6-10,19-21,24H,11-18H2,1-5H3. The van der Waals surface area contributed by atoms with Crippen LogP contribution in [-0.4, -0.2) is 76.5 Å². The highest BCUT2D eigenvalue weighted by Crippen LogP contribution is 2.34. The molecular formula is C32H40ClN5O3. The lowest BCUT2D eigenvalue weighted by Crippen LogP contribution is -2.49. The smallest absolute Gasteiger partial charge is 0.410 e. The molecule has 2 amide bonds. The number of piperidine rings is 1. The van der Waals surface area contributed by atoms with Gasteiger partial charge in [0.05, 0.1) is 23.1 Å². The number of carbonyl (C=O) groups is 2. The van der Waals surface area contributed by atoms with Gasteiger partial charge < -0.3 is 19.4 Å². The number of halogens is 1. The molecule has 2 fully saturated rings. The topological polar surface area (TPSA) is 70.9 Å². The minimum Gasteiger partial charge on any atom is -0.444 e. The zero-order chi connectivity index (χ0) is 29.3. The number of amides is 2. The summed E-state index contributed by atoms with van der Waals surface area (Å²) in [5, 5.41) is 5.49. The van der Waals surface area contributed by atoms with E-state index in [1.165, 1.54) is 5.56 Å². The van der Waals surface area contributed by atoms with E-state index in [9.17, 15) is 9.59 Å². The third-order valence-corrected chi connectivity index (χ3v) is 8.13. The quantitative estimate of drug-likeness (QED) is 0.368. The van der Waals surface area contributed by atoms with Crippen molar-refractivity contribution in [1.29, 1.82) is 0 Å². The summed E-state index contributed by atoms with van der Waals surface area (Å²) in [7, 11) is 0. The van der Waals surface area contributed by atoms with Crippen molar-refractivity contribution < 1.29 is 14.3 Å². The highest BCUT2D eigenvalue weighted by molar-refractivity contribution is 6.30. The summed E-state index contributed by atoms with van der Waals surface area (Å²) in [6, 6.07) is 14.1. The molecule has 1 aromatic heterocycles. The molecule has 0 bridgehead atoms. The molecule has 2 aliphatic rings. The lowest BCUT2D eigenvalue weighted by molar-refractivity contribution is 0.0203. The van der Waals surface area contributed by atoms with Gasteiger partial charge in [-0.1, -0.05) is 35.4 Å². The van der Waals surface area contributed by atoms with E-state index >= 15 is 0 Å². The number of benzene rings is 2. The van der Waals surface area contributed by atoms with Gasteiger partial charge in [0.1, 0.15) is 5.60 Å². The maximum atomic E-state index is 14.0. The van der Waals surface area contributed by atoms with Crippen molar-refractivity contribution in [2.24, 2.45) is 0 Å². The second-order valence-electron chi connectivity index (χ2n) is 12.1. The van der Waals surface area contributed by atoms with E-state index in [2.05, 4.69) is 43.0 Å². The molecule has 8 nitrogen and oxygen atoms in total. The SMILES string of the molecule is Cc1ccc(-n2ncc(C(=O)N3CCN(c4cccc(Cl)c4)CC3)c2C2CCN(C(=O)OC(C)(C)C)CC2)c(C)c1. The Hall–Kier alpha value is -3.52. The molecule has 5 rings (SSSR count). The first-order valence-electron chi connectivity index (χ1n) is 14.4. The average molecular weight is 578 g/mol. The number of ether oxygens (including phenoxy) is 1. The van der Waals surface area contributed by atoms with Crippen LogP contribution in [0.25, 0.3) is 5.69 Å². The van der Waals surface area contributed by atoms with Gasteiger partial charge >= 0.3 is 6.09 Å². The molecule has 9 heteroatoms. The third-order valence-electron chi connectivity index (χ3n) is 7.89. The Bertz CT molecular complexity index is 1410. The first-order valence-corrected chi connectivity index (χ1v) is 14.8. The number of anilines is 1. The van der Waals surface area contributed by atoms with E-state index in [-0.39, 0.29) is 17.9 Å². The molecule has 0 saturated carbocycles. The van der Waals surface area contributed by atoms with Crippen LogP contribution in [0.15, 0.2) is 48.7 Å². The first-order chi connectivity index (χ1) is 19.5. The fraction of sp³-hybridized carbons (Fsp3) is 0.469. The van der Waals surface area contributed by atoms with Gasteiger partial charge in [-0.2, -0.15) is 5.10 Å². The number of nitrogens with zero attached hydrogens (tertiary/aromatic N) is 5. The summed E-state index contributed by atoms with van der Waals surface area (Å²) in [6.45, 7) is 13.7. The average Bonchev–Trinajstić information content (AvgIpc) is 3.37. The summed E-state index contributed by atoms with van der Waals surface area (Å²) in [5.74, 6) is 0.0971. The summed E-state index contributed by atoms with van der Waals surface area (Å²) in [5.41, 5.74) is 5.38. The van der Waals surface area contributed by atoms with Crippen LogP contribution < -0.4 is 4.90 Å². The predicted octanol–water partition coefficient (Wildman–Crippen LogP) is 6.22. The maximum absolute atomic E-state index is 14.0. The summed E-state index contributed by atoms with van der Waals surface area (Å²) in [4.78, 5) is 32.7. The molecule has 218 valence electrons. The van der Waals surface area contributed by atoms with Crippen molar-refractivity contribution in [2.75, 3.05) is 44.2 Å². The summed E-state index contributed by atoms with van der Waals surface area (Å²) < 4.78 is 7.57. The first kappa shape index (κ1) is 29.0. The Morgan fingerprint density at radius 3 is 2.27 bits per heavy atom. The fourth-order valence-corrected chi connectivity index (χ4v) is 6.01. The molecule has 0 unspecified atom stereocenters. The van der Waals surface area contributed by atoms with Crippen molar-refractivity contribution in [2.45, 2.75) is 59.0 Å². The van der Waals surface area contributed by atoms with Gasteiger partial charge in [0.2, 0.25) is 0 Å². The Balaban J connectivity index is 1.38. The molecular weight excluding hydrogens is 538 g/mol. The van der Waals surface area contributed by atoms with Crippen LogP contribution in [0.5, 0.6) is 0 Å². The predicted molar refractivity (Wildman–Crippen MR) is 162 cm³/mol. The molecule has 2 aromatic carbocycles. The summed E-state index contributed by atoms with van der Waals surface area (Å²) >= 11 is 6.21. The van der Waals surface area contributed by atoms with Gasteiger partial charge in [0.15, 0.2) is 0 Å². The van der Waals surface area contributed by atoms with Crippen LogP contribution in [0.1, 0.15) is 66.7 Å². The minimum atomic E-state index is -0.536. The van der Waals surface area contributed by atoms with Crippen LogP contribution in [0.4, 0.5) is 10.5 Å². The van der Waals surface area contributed by atoms with E-state index in [0.29, 0.717) is 36.8 Å². The largest absolute Gasteiger partial charge is 0.444 e. The Morgan fingerprint density at radius 1 is 0.927 bits per heavy atom. The molecule has 0 spiro atoms. The molecule has 2 saturated heterocycles. The van der Waals surface area contributed by atoms with Crippen LogP contribution in [0.3, 0.4) is 0 Å². The fourth-order valence-electron chi connectivity index (χ4n) is 5.82. The molecule has 41 heavy (non-hydrogen) atoms. The van der Waals surface area contributed by atoms with Crippen molar-refractivity contribution in [3.63, 3.8) is 0 Å². The van der Waals surface area contributed by atoms with Crippen LogP contribution in [-0.2, 0) is 4.74 Å². The summed E-state index contributed by atoms with van der Waals surface area (Å²) in [6.07, 6.45) is 2.92. The zero-order valence-electron chi connectivity index (χ0n) is 24.7. The van der Waals surface area contributed by atoms with Crippen molar-refractivity contribution >= 4 is 29.3 Å². The molecule has 3 heterocycles. The lowest BCUT2D eigenvalue weighted by atomic mass is 9.90. The van der Waals surface area contributed by atoms with E-state index in [1.807, 2.05) is 48.6 Å². The van der Waals surface area contributed by atoms with Crippen molar-refractivity contribution in [1.82, 2.24) is 19.6 Å². The number of piperazine rings is 1. The van der Waals surface area contributed by atoms with E-state index < -0.39 is 5.60 Å². The zero-order valence-corrected chi connectivity index (χ0v) is 25.4. The Labute approximate surface area is 247 Å². The van der Waals surface area contributed by atoms with Crippen molar-refractivity contribution in [3.05, 3.63) is 76.1 Å². The van der Waals surface area contributed by atoms with Crippen molar-refractivity contribution in [3.8, 4) is 5.69 Å². The number of rotatable bonds is 4.